The molecule has 0 heterocycles. The van der Waals surface area contributed by atoms with Crippen molar-refractivity contribution in [2.75, 3.05) is 10.8 Å². The highest BCUT2D eigenvalue weighted by molar-refractivity contribution is 7.92. The number of benzene rings is 3. The number of rotatable bonds is 12. The molecule has 0 unspecified atom stereocenters. The first kappa shape index (κ1) is 31.2. The molecule has 0 aromatic heterocycles. The van der Waals surface area contributed by atoms with E-state index in [9.17, 15) is 18.0 Å². The van der Waals surface area contributed by atoms with Crippen LogP contribution in [0.5, 0.6) is 0 Å². The van der Waals surface area contributed by atoms with Crippen molar-refractivity contribution in [1.29, 1.82) is 0 Å². The molecular weight excluding hydrogens is 546 g/mol. The number of sulfonamides is 1. The summed E-state index contributed by atoms with van der Waals surface area (Å²) >= 11 is 6.08. The summed E-state index contributed by atoms with van der Waals surface area (Å²) in [7, 11) is -4.12. The van der Waals surface area contributed by atoms with Gasteiger partial charge in [-0.3, -0.25) is 13.9 Å². The fourth-order valence-electron chi connectivity index (χ4n) is 4.22. The van der Waals surface area contributed by atoms with Crippen LogP contribution in [-0.2, 0) is 26.2 Å². The highest BCUT2D eigenvalue weighted by Gasteiger charge is 2.34. The first-order valence-corrected chi connectivity index (χ1v) is 15.3. The molecule has 0 spiro atoms. The molecule has 0 aliphatic heterocycles. The van der Waals surface area contributed by atoms with Crippen LogP contribution in [0.2, 0.25) is 5.02 Å². The lowest BCUT2D eigenvalue weighted by atomic mass is 10.1. The summed E-state index contributed by atoms with van der Waals surface area (Å²) in [6.07, 6.45) is 1.11. The Morgan fingerprint density at radius 3 is 1.93 bits per heavy atom. The third-order valence-corrected chi connectivity index (χ3v) is 8.90. The lowest BCUT2D eigenvalue weighted by molar-refractivity contribution is -0.140. The van der Waals surface area contributed by atoms with E-state index in [1.165, 1.54) is 17.0 Å². The average molecular weight is 584 g/mol. The lowest BCUT2D eigenvalue weighted by Gasteiger charge is -2.33. The zero-order valence-electron chi connectivity index (χ0n) is 23.7. The molecule has 3 aromatic carbocycles. The third-order valence-electron chi connectivity index (χ3n) is 6.86. The van der Waals surface area contributed by atoms with Crippen molar-refractivity contribution in [3.63, 3.8) is 0 Å². The van der Waals surface area contributed by atoms with Crippen molar-refractivity contribution in [3.8, 4) is 0 Å². The Balaban J connectivity index is 2.04. The maximum absolute atomic E-state index is 14.1. The molecule has 1 N–H and O–H groups in total. The van der Waals surface area contributed by atoms with E-state index in [-0.39, 0.29) is 23.4 Å². The monoisotopic (exact) mass is 583 g/mol. The van der Waals surface area contributed by atoms with Gasteiger partial charge in [-0.25, -0.2) is 8.42 Å². The van der Waals surface area contributed by atoms with Crippen LogP contribution in [0.15, 0.2) is 77.7 Å². The van der Waals surface area contributed by atoms with E-state index in [2.05, 4.69) is 5.32 Å². The number of carbonyl (C=O) groups is 2. The van der Waals surface area contributed by atoms with E-state index >= 15 is 0 Å². The minimum Gasteiger partial charge on any atom is -0.352 e. The lowest BCUT2D eigenvalue weighted by Crippen LogP contribution is -2.53. The molecule has 214 valence electrons. The Hall–Kier alpha value is -3.36. The van der Waals surface area contributed by atoms with Gasteiger partial charge >= 0.3 is 0 Å². The van der Waals surface area contributed by atoms with Crippen LogP contribution in [0.1, 0.15) is 50.3 Å². The summed E-state index contributed by atoms with van der Waals surface area (Å²) in [5.41, 5.74) is 3.12. The number of carbonyl (C=O) groups excluding carboxylic acids is 2. The molecule has 0 radical (unpaired) electrons. The predicted octanol–water partition coefficient (Wildman–Crippen LogP) is 5.87. The first-order chi connectivity index (χ1) is 19.0. The van der Waals surface area contributed by atoms with Crippen LogP contribution in [0.4, 0.5) is 5.69 Å². The summed E-state index contributed by atoms with van der Waals surface area (Å²) in [5, 5.41) is 3.43. The Bertz CT molecular complexity index is 1390. The number of hydrogen-bond donors (Lipinski definition) is 1. The van der Waals surface area contributed by atoms with E-state index in [0.717, 1.165) is 27.4 Å². The summed E-state index contributed by atoms with van der Waals surface area (Å²) < 4.78 is 28.8. The normalized spacial score (nSPS) is 12.8. The molecular formula is C31H38ClN3O4S. The Morgan fingerprint density at radius 1 is 0.850 bits per heavy atom. The van der Waals surface area contributed by atoms with Gasteiger partial charge < -0.3 is 10.2 Å². The SMILES string of the molecule is CC[C@H](C(=O)N[C@@H](C)CC)N(Cc1ccc(C)cc1)C(=O)CN(c1ccc(Cl)cc1)S(=O)(=O)c1ccc(C)cc1. The summed E-state index contributed by atoms with van der Waals surface area (Å²) in [6.45, 7) is 9.24. The second kappa shape index (κ2) is 13.8. The number of aryl methyl sites for hydroxylation is 2. The van der Waals surface area contributed by atoms with Crippen LogP contribution < -0.4 is 9.62 Å². The number of nitrogens with one attached hydrogen (secondary N) is 1. The van der Waals surface area contributed by atoms with Crippen LogP contribution in [0.25, 0.3) is 0 Å². The second-order valence-corrected chi connectivity index (χ2v) is 12.3. The smallest absolute Gasteiger partial charge is 0.264 e. The number of amides is 2. The van der Waals surface area contributed by atoms with E-state index in [0.29, 0.717) is 17.1 Å². The Morgan fingerprint density at radius 2 is 1.40 bits per heavy atom. The Labute approximate surface area is 243 Å². The van der Waals surface area contributed by atoms with Gasteiger partial charge in [-0.2, -0.15) is 0 Å². The summed E-state index contributed by atoms with van der Waals surface area (Å²) in [6, 6.07) is 19.6. The van der Waals surface area contributed by atoms with Crippen LogP contribution in [-0.4, -0.2) is 43.8 Å². The standard InChI is InChI=1S/C31H38ClN3O4S/c1-6-24(5)33-31(37)29(7-2)34(20-25-12-8-22(3)9-13-25)30(36)21-35(27-16-14-26(32)15-17-27)40(38,39)28-18-10-23(4)11-19-28/h8-19,24,29H,6-7,20-21H2,1-5H3,(H,33,37)/t24-,29+/m0/s1. The van der Waals surface area contributed by atoms with Gasteiger partial charge in [0.1, 0.15) is 12.6 Å². The molecule has 9 heteroatoms. The first-order valence-electron chi connectivity index (χ1n) is 13.5. The molecule has 7 nitrogen and oxygen atoms in total. The van der Waals surface area contributed by atoms with Gasteiger partial charge in [0.05, 0.1) is 10.6 Å². The minimum absolute atomic E-state index is 0.0625. The molecule has 3 rings (SSSR count). The van der Waals surface area contributed by atoms with E-state index in [1.54, 1.807) is 36.4 Å². The molecule has 0 aliphatic rings. The van der Waals surface area contributed by atoms with Gasteiger partial charge in [-0.15, -0.1) is 0 Å². The molecule has 0 fully saturated rings. The van der Waals surface area contributed by atoms with Gasteiger partial charge in [0.15, 0.2) is 0 Å². The zero-order chi connectivity index (χ0) is 29.4. The van der Waals surface area contributed by atoms with Crippen LogP contribution in [0.3, 0.4) is 0 Å². The largest absolute Gasteiger partial charge is 0.352 e. The van der Waals surface area contributed by atoms with E-state index in [1.807, 2.05) is 58.9 Å². The van der Waals surface area contributed by atoms with Crippen molar-refractivity contribution in [2.45, 2.75) is 71.0 Å². The van der Waals surface area contributed by atoms with Gasteiger partial charge in [0.25, 0.3) is 10.0 Å². The van der Waals surface area contributed by atoms with E-state index < -0.39 is 28.5 Å². The predicted molar refractivity (Wildman–Crippen MR) is 161 cm³/mol. The van der Waals surface area contributed by atoms with Crippen molar-refractivity contribution < 1.29 is 18.0 Å². The van der Waals surface area contributed by atoms with Crippen molar-refractivity contribution in [1.82, 2.24) is 10.2 Å². The highest BCUT2D eigenvalue weighted by Crippen LogP contribution is 2.26. The molecule has 0 aliphatic carbocycles. The van der Waals surface area contributed by atoms with Crippen molar-refractivity contribution >= 4 is 39.1 Å². The van der Waals surface area contributed by atoms with Crippen LogP contribution >= 0.6 is 11.6 Å². The summed E-state index contributed by atoms with van der Waals surface area (Å²) in [4.78, 5) is 28.9. The molecule has 0 saturated heterocycles. The Kier molecular flexibility index (Phi) is 10.8. The van der Waals surface area contributed by atoms with Crippen molar-refractivity contribution in [3.05, 3.63) is 94.5 Å². The fraction of sp³-hybridized carbons (Fsp3) is 0.355. The quantitative estimate of drug-likeness (QED) is 0.289. The number of nitrogens with zero attached hydrogens (tertiary/aromatic N) is 2. The molecule has 0 bridgehead atoms. The fourth-order valence-corrected chi connectivity index (χ4v) is 5.76. The maximum atomic E-state index is 14.1. The van der Waals surface area contributed by atoms with Gasteiger partial charge in [0.2, 0.25) is 11.8 Å². The maximum Gasteiger partial charge on any atom is 0.264 e. The molecule has 2 amide bonds. The number of halogens is 1. The molecule has 3 aromatic rings. The topological polar surface area (TPSA) is 86.8 Å². The average Bonchev–Trinajstić information content (AvgIpc) is 2.93. The number of anilines is 1. The summed E-state index contributed by atoms with van der Waals surface area (Å²) in [5.74, 6) is -0.755. The molecule has 40 heavy (non-hydrogen) atoms. The van der Waals surface area contributed by atoms with Gasteiger partial charge in [0, 0.05) is 17.6 Å². The highest BCUT2D eigenvalue weighted by atomic mass is 35.5. The third kappa shape index (κ3) is 7.86. The van der Waals surface area contributed by atoms with Gasteiger partial charge in [-0.1, -0.05) is 73.0 Å². The van der Waals surface area contributed by atoms with Crippen LogP contribution in [0, 0.1) is 13.8 Å². The molecule has 2 atom stereocenters. The zero-order valence-corrected chi connectivity index (χ0v) is 25.3. The van der Waals surface area contributed by atoms with Gasteiger partial charge in [-0.05, 0) is 75.6 Å². The minimum atomic E-state index is -4.12. The van der Waals surface area contributed by atoms with E-state index in [4.69, 9.17) is 11.6 Å². The number of hydrogen-bond acceptors (Lipinski definition) is 4. The van der Waals surface area contributed by atoms with Crippen molar-refractivity contribution in [2.24, 2.45) is 0 Å². The second-order valence-electron chi connectivity index (χ2n) is 10.1. The molecule has 0 saturated carbocycles.